The lowest BCUT2D eigenvalue weighted by Gasteiger charge is -2.38. The highest BCUT2D eigenvalue weighted by atomic mass is 16.7. The summed E-state index contributed by atoms with van der Waals surface area (Å²) in [4.78, 5) is 24.4. The second-order valence-corrected chi connectivity index (χ2v) is 5.91. The standard InChI is InChI=1S/C18H21NO5/c1-2-22-14-8-6-13(7-9-14)19-12-15-16(20)23-18(24-17(15)21)10-4-3-5-11-18/h6-9,12,19H,2-5,10-11H2,1H3. The highest BCUT2D eigenvalue weighted by Gasteiger charge is 2.46. The minimum absolute atomic E-state index is 0.125. The number of esters is 2. The third kappa shape index (κ3) is 3.53. The molecule has 6 nitrogen and oxygen atoms in total. The first-order valence-corrected chi connectivity index (χ1v) is 8.28. The van der Waals surface area contributed by atoms with Crippen molar-refractivity contribution < 1.29 is 23.8 Å². The first-order chi connectivity index (χ1) is 11.6. The van der Waals surface area contributed by atoms with Crippen molar-refractivity contribution in [2.45, 2.75) is 44.8 Å². The molecule has 2 aliphatic rings. The van der Waals surface area contributed by atoms with Crippen LogP contribution in [0.4, 0.5) is 5.69 Å². The van der Waals surface area contributed by atoms with Gasteiger partial charge in [-0.2, -0.15) is 0 Å². The summed E-state index contributed by atoms with van der Waals surface area (Å²) in [6.07, 6.45) is 5.33. The van der Waals surface area contributed by atoms with Gasteiger partial charge in [-0.15, -0.1) is 0 Å². The van der Waals surface area contributed by atoms with Gasteiger partial charge in [0.1, 0.15) is 5.75 Å². The maximum absolute atomic E-state index is 12.2. The minimum Gasteiger partial charge on any atom is -0.494 e. The molecule has 2 fully saturated rings. The Balaban J connectivity index is 1.67. The van der Waals surface area contributed by atoms with Crippen molar-refractivity contribution in [2.24, 2.45) is 0 Å². The fraction of sp³-hybridized carbons (Fsp3) is 0.444. The number of carbonyl (C=O) groups excluding carboxylic acids is 2. The van der Waals surface area contributed by atoms with Crippen LogP contribution >= 0.6 is 0 Å². The molecule has 1 spiro atoms. The van der Waals surface area contributed by atoms with Crippen LogP contribution in [0.25, 0.3) is 0 Å². The van der Waals surface area contributed by atoms with E-state index >= 15 is 0 Å². The Hall–Kier alpha value is -2.50. The van der Waals surface area contributed by atoms with Crippen molar-refractivity contribution in [3.63, 3.8) is 0 Å². The van der Waals surface area contributed by atoms with Crippen molar-refractivity contribution in [3.8, 4) is 5.75 Å². The topological polar surface area (TPSA) is 73.9 Å². The molecule has 6 heteroatoms. The Bertz CT molecular complexity index is 622. The molecule has 3 rings (SSSR count). The highest BCUT2D eigenvalue weighted by molar-refractivity contribution is 6.15. The van der Waals surface area contributed by atoms with E-state index in [1.165, 1.54) is 6.20 Å². The lowest BCUT2D eigenvalue weighted by atomic mass is 9.93. The average molecular weight is 331 g/mol. The summed E-state index contributed by atoms with van der Waals surface area (Å²) in [7, 11) is 0. The molecule has 1 saturated heterocycles. The van der Waals surface area contributed by atoms with Gasteiger partial charge in [-0.05, 0) is 44.0 Å². The molecule has 1 heterocycles. The predicted octanol–water partition coefficient (Wildman–Crippen LogP) is 3.14. The van der Waals surface area contributed by atoms with Crippen molar-refractivity contribution in [1.29, 1.82) is 0 Å². The molecule has 0 unspecified atom stereocenters. The van der Waals surface area contributed by atoms with Gasteiger partial charge in [0.15, 0.2) is 5.57 Å². The summed E-state index contributed by atoms with van der Waals surface area (Å²) < 4.78 is 16.2. The number of hydrogen-bond donors (Lipinski definition) is 1. The molecule has 1 aliphatic carbocycles. The van der Waals surface area contributed by atoms with Crippen molar-refractivity contribution in [3.05, 3.63) is 36.0 Å². The Morgan fingerprint density at radius 3 is 2.29 bits per heavy atom. The largest absolute Gasteiger partial charge is 0.494 e. The van der Waals surface area contributed by atoms with E-state index in [4.69, 9.17) is 14.2 Å². The Morgan fingerprint density at radius 2 is 1.71 bits per heavy atom. The van der Waals surface area contributed by atoms with E-state index in [2.05, 4.69) is 5.32 Å². The van der Waals surface area contributed by atoms with Gasteiger partial charge < -0.3 is 19.5 Å². The Labute approximate surface area is 140 Å². The van der Waals surface area contributed by atoms with E-state index in [1.54, 1.807) is 24.3 Å². The van der Waals surface area contributed by atoms with Gasteiger partial charge in [0.05, 0.1) is 6.61 Å². The molecule has 24 heavy (non-hydrogen) atoms. The van der Waals surface area contributed by atoms with Crippen LogP contribution in [-0.2, 0) is 19.1 Å². The zero-order valence-corrected chi connectivity index (χ0v) is 13.7. The molecule has 1 aromatic rings. The number of nitrogens with one attached hydrogen (secondary N) is 1. The fourth-order valence-corrected chi connectivity index (χ4v) is 2.93. The molecule has 128 valence electrons. The molecule has 1 aromatic carbocycles. The van der Waals surface area contributed by atoms with Gasteiger partial charge in [-0.1, -0.05) is 6.42 Å². The van der Waals surface area contributed by atoms with Crippen LogP contribution in [0, 0.1) is 0 Å². The Morgan fingerprint density at radius 1 is 1.08 bits per heavy atom. The number of carbonyl (C=O) groups is 2. The summed E-state index contributed by atoms with van der Waals surface area (Å²) in [6, 6.07) is 7.20. The highest BCUT2D eigenvalue weighted by Crippen LogP contribution is 2.36. The smallest absolute Gasteiger partial charge is 0.350 e. The van der Waals surface area contributed by atoms with Crippen LogP contribution in [0.5, 0.6) is 5.75 Å². The van der Waals surface area contributed by atoms with Crippen LogP contribution < -0.4 is 10.1 Å². The second-order valence-electron chi connectivity index (χ2n) is 5.91. The van der Waals surface area contributed by atoms with E-state index in [0.29, 0.717) is 19.4 Å². The molecule has 0 aromatic heterocycles. The van der Waals surface area contributed by atoms with E-state index in [1.807, 2.05) is 6.92 Å². The number of anilines is 1. The summed E-state index contributed by atoms with van der Waals surface area (Å²) in [5.41, 5.74) is 0.601. The first kappa shape index (κ1) is 16.4. The number of hydrogen-bond acceptors (Lipinski definition) is 6. The van der Waals surface area contributed by atoms with E-state index in [0.717, 1.165) is 30.7 Å². The molecule has 1 aliphatic heterocycles. The average Bonchev–Trinajstić information content (AvgIpc) is 2.56. The number of benzene rings is 1. The van der Waals surface area contributed by atoms with Gasteiger partial charge in [-0.3, -0.25) is 0 Å². The van der Waals surface area contributed by atoms with Crippen LogP contribution in [0.3, 0.4) is 0 Å². The quantitative estimate of drug-likeness (QED) is 0.519. The van der Waals surface area contributed by atoms with Crippen molar-refractivity contribution >= 4 is 17.6 Å². The van der Waals surface area contributed by atoms with Gasteiger partial charge in [0, 0.05) is 24.7 Å². The molecular weight excluding hydrogens is 310 g/mol. The van der Waals surface area contributed by atoms with Crippen LogP contribution in [0.15, 0.2) is 36.0 Å². The Kier molecular flexibility index (Phi) is 4.74. The maximum Gasteiger partial charge on any atom is 0.350 e. The normalized spacial score (nSPS) is 19.5. The molecule has 1 saturated carbocycles. The SMILES string of the molecule is CCOc1ccc(NC=C2C(=O)OC3(CCCCC3)OC2=O)cc1. The molecular formula is C18H21NO5. The van der Waals surface area contributed by atoms with Gasteiger partial charge in [0.25, 0.3) is 5.79 Å². The van der Waals surface area contributed by atoms with Crippen LogP contribution in [0.2, 0.25) is 0 Å². The van der Waals surface area contributed by atoms with Gasteiger partial charge in [-0.25, -0.2) is 9.59 Å². The summed E-state index contributed by atoms with van der Waals surface area (Å²) >= 11 is 0. The molecule has 0 atom stereocenters. The van der Waals surface area contributed by atoms with E-state index in [9.17, 15) is 9.59 Å². The summed E-state index contributed by atoms with van der Waals surface area (Å²) in [6.45, 7) is 2.51. The van der Waals surface area contributed by atoms with E-state index in [-0.39, 0.29) is 5.57 Å². The predicted molar refractivity (Wildman–Crippen MR) is 87.3 cm³/mol. The zero-order chi connectivity index (χ0) is 17.0. The lowest BCUT2D eigenvalue weighted by molar-refractivity contribution is -0.244. The van der Waals surface area contributed by atoms with Crippen LogP contribution in [-0.4, -0.2) is 24.3 Å². The monoisotopic (exact) mass is 331 g/mol. The lowest BCUT2D eigenvalue weighted by Crippen LogP contribution is -2.47. The zero-order valence-electron chi connectivity index (χ0n) is 13.7. The molecule has 0 amide bonds. The van der Waals surface area contributed by atoms with Crippen LogP contribution in [0.1, 0.15) is 39.0 Å². The third-order valence-electron chi connectivity index (χ3n) is 4.16. The second kappa shape index (κ2) is 6.95. The number of rotatable bonds is 4. The van der Waals surface area contributed by atoms with E-state index < -0.39 is 17.7 Å². The fourth-order valence-electron chi connectivity index (χ4n) is 2.93. The summed E-state index contributed by atoms with van der Waals surface area (Å²) in [5, 5.41) is 2.92. The molecule has 1 N–H and O–H groups in total. The molecule has 0 radical (unpaired) electrons. The first-order valence-electron chi connectivity index (χ1n) is 8.28. The summed E-state index contributed by atoms with van der Waals surface area (Å²) in [5.74, 6) is -1.56. The maximum atomic E-state index is 12.2. The van der Waals surface area contributed by atoms with Gasteiger partial charge in [0.2, 0.25) is 0 Å². The van der Waals surface area contributed by atoms with Crippen molar-refractivity contribution in [1.82, 2.24) is 0 Å². The number of ether oxygens (including phenoxy) is 3. The third-order valence-corrected chi connectivity index (χ3v) is 4.16. The van der Waals surface area contributed by atoms with Gasteiger partial charge >= 0.3 is 11.9 Å². The minimum atomic E-state index is -1.05. The molecule has 0 bridgehead atoms. The van der Waals surface area contributed by atoms with Crippen molar-refractivity contribution in [2.75, 3.05) is 11.9 Å².